The Balaban J connectivity index is 2.44. The number of sulfonamides is 1. The standard InChI is InChI=1S/C14H16BrNO3S2/c1-10(13-5-4-8-20-13)16(2)21(17,18)14-9-11(15)6-7-12(14)19-3/h4-10H,1-3H3. The minimum absolute atomic E-state index is 0.158. The molecule has 0 saturated heterocycles. The minimum Gasteiger partial charge on any atom is -0.495 e. The van der Waals surface area contributed by atoms with Crippen LogP contribution in [0.15, 0.2) is 45.1 Å². The Morgan fingerprint density at radius 1 is 1.33 bits per heavy atom. The van der Waals surface area contributed by atoms with E-state index >= 15 is 0 Å². The van der Waals surface area contributed by atoms with E-state index in [4.69, 9.17) is 4.74 Å². The highest BCUT2D eigenvalue weighted by atomic mass is 79.9. The summed E-state index contributed by atoms with van der Waals surface area (Å²) in [6.07, 6.45) is 0. The molecular weight excluding hydrogens is 374 g/mol. The molecule has 0 aliphatic rings. The van der Waals surface area contributed by atoms with Crippen molar-refractivity contribution in [1.29, 1.82) is 0 Å². The topological polar surface area (TPSA) is 46.6 Å². The summed E-state index contributed by atoms with van der Waals surface area (Å²) in [5.74, 6) is 0.337. The summed E-state index contributed by atoms with van der Waals surface area (Å²) in [5.41, 5.74) is 0. The molecule has 21 heavy (non-hydrogen) atoms. The highest BCUT2D eigenvalue weighted by Crippen LogP contribution is 2.33. The lowest BCUT2D eigenvalue weighted by atomic mass is 10.3. The molecule has 0 aliphatic carbocycles. The van der Waals surface area contributed by atoms with Gasteiger partial charge in [0.15, 0.2) is 0 Å². The molecule has 0 spiro atoms. The van der Waals surface area contributed by atoms with Crippen LogP contribution in [-0.2, 0) is 10.0 Å². The zero-order valence-corrected chi connectivity index (χ0v) is 15.1. The van der Waals surface area contributed by atoms with Crippen molar-refractivity contribution in [3.05, 3.63) is 45.1 Å². The molecule has 0 aliphatic heterocycles. The Labute approximate surface area is 137 Å². The second-order valence-electron chi connectivity index (χ2n) is 4.51. The Bertz CT molecular complexity index is 714. The molecule has 1 heterocycles. The van der Waals surface area contributed by atoms with Crippen molar-refractivity contribution in [2.24, 2.45) is 0 Å². The van der Waals surface area contributed by atoms with Crippen molar-refractivity contribution < 1.29 is 13.2 Å². The number of ether oxygens (including phenoxy) is 1. The predicted octanol–water partition coefficient (Wildman–Crippen LogP) is 3.90. The average molecular weight is 390 g/mol. The van der Waals surface area contributed by atoms with Crippen molar-refractivity contribution in [2.75, 3.05) is 14.2 Å². The molecule has 0 fully saturated rings. The number of hydrogen-bond acceptors (Lipinski definition) is 4. The van der Waals surface area contributed by atoms with E-state index in [1.165, 1.54) is 22.8 Å². The van der Waals surface area contributed by atoms with Crippen LogP contribution in [-0.4, -0.2) is 26.9 Å². The molecule has 0 amide bonds. The van der Waals surface area contributed by atoms with E-state index in [0.717, 1.165) is 4.88 Å². The molecule has 1 unspecified atom stereocenters. The van der Waals surface area contributed by atoms with Crippen LogP contribution >= 0.6 is 27.3 Å². The Hall–Kier alpha value is -0.890. The summed E-state index contributed by atoms with van der Waals surface area (Å²) < 4.78 is 32.9. The van der Waals surface area contributed by atoms with E-state index < -0.39 is 10.0 Å². The fourth-order valence-corrected chi connectivity index (χ4v) is 4.85. The number of halogens is 1. The molecule has 0 saturated carbocycles. The number of thiophene rings is 1. The van der Waals surface area contributed by atoms with Gasteiger partial charge in [0.2, 0.25) is 10.0 Å². The molecule has 7 heteroatoms. The van der Waals surface area contributed by atoms with Crippen LogP contribution in [0, 0.1) is 0 Å². The van der Waals surface area contributed by atoms with E-state index in [9.17, 15) is 8.42 Å². The Morgan fingerprint density at radius 3 is 2.62 bits per heavy atom. The normalized spacial score (nSPS) is 13.4. The second-order valence-corrected chi connectivity index (χ2v) is 8.37. The molecule has 0 bridgehead atoms. The van der Waals surface area contributed by atoms with Crippen molar-refractivity contribution in [3.8, 4) is 5.75 Å². The van der Waals surface area contributed by atoms with E-state index in [2.05, 4.69) is 15.9 Å². The van der Waals surface area contributed by atoms with Gasteiger partial charge >= 0.3 is 0 Å². The second kappa shape index (κ2) is 6.48. The van der Waals surface area contributed by atoms with Crippen LogP contribution in [0.3, 0.4) is 0 Å². The lowest BCUT2D eigenvalue weighted by Gasteiger charge is -2.24. The van der Waals surface area contributed by atoms with Crippen LogP contribution in [0.25, 0.3) is 0 Å². The summed E-state index contributed by atoms with van der Waals surface area (Å²) in [5, 5.41) is 1.94. The maximum atomic E-state index is 12.8. The zero-order valence-electron chi connectivity index (χ0n) is 11.9. The number of nitrogens with zero attached hydrogens (tertiary/aromatic N) is 1. The smallest absolute Gasteiger partial charge is 0.247 e. The van der Waals surface area contributed by atoms with E-state index in [-0.39, 0.29) is 10.9 Å². The molecule has 2 aromatic rings. The van der Waals surface area contributed by atoms with Crippen LogP contribution in [0.1, 0.15) is 17.8 Å². The molecule has 1 aromatic heterocycles. The maximum absolute atomic E-state index is 12.8. The van der Waals surface area contributed by atoms with Crippen LogP contribution in [0.2, 0.25) is 0 Å². The van der Waals surface area contributed by atoms with Crippen molar-refractivity contribution in [2.45, 2.75) is 17.9 Å². The largest absolute Gasteiger partial charge is 0.495 e. The Morgan fingerprint density at radius 2 is 2.05 bits per heavy atom. The van der Waals surface area contributed by atoms with Gasteiger partial charge < -0.3 is 4.74 Å². The van der Waals surface area contributed by atoms with Crippen LogP contribution in [0.5, 0.6) is 5.75 Å². The van der Waals surface area contributed by atoms with Gasteiger partial charge in [-0.3, -0.25) is 0 Å². The quantitative estimate of drug-likeness (QED) is 0.778. The van der Waals surface area contributed by atoms with Gasteiger partial charge in [0.05, 0.1) is 13.2 Å². The van der Waals surface area contributed by atoms with Crippen molar-refractivity contribution >= 4 is 37.3 Å². The van der Waals surface area contributed by atoms with Crippen molar-refractivity contribution in [3.63, 3.8) is 0 Å². The van der Waals surface area contributed by atoms with Crippen LogP contribution < -0.4 is 4.74 Å². The van der Waals surface area contributed by atoms with E-state index in [1.807, 2.05) is 24.4 Å². The van der Waals surface area contributed by atoms with Gasteiger partial charge in [0.25, 0.3) is 0 Å². The highest BCUT2D eigenvalue weighted by Gasteiger charge is 2.29. The predicted molar refractivity (Wildman–Crippen MR) is 88.4 cm³/mol. The summed E-state index contributed by atoms with van der Waals surface area (Å²) in [6.45, 7) is 1.87. The number of methoxy groups -OCH3 is 1. The third-order valence-electron chi connectivity index (χ3n) is 3.28. The van der Waals surface area contributed by atoms with Gasteiger partial charge in [-0.25, -0.2) is 8.42 Å². The van der Waals surface area contributed by atoms with Gasteiger partial charge in [0, 0.05) is 16.4 Å². The molecule has 0 N–H and O–H groups in total. The summed E-state index contributed by atoms with van der Waals surface area (Å²) in [7, 11) is -0.598. The molecule has 1 aromatic carbocycles. The highest BCUT2D eigenvalue weighted by molar-refractivity contribution is 9.10. The third-order valence-corrected chi connectivity index (χ3v) is 6.77. The summed E-state index contributed by atoms with van der Waals surface area (Å²) in [6, 6.07) is 8.56. The molecule has 4 nitrogen and oxygen atoms in total. The monoisotopic (exact) mass is 389 g/mol. The first-order valence-corrected chi connectivity index (χ1v) is 9.34. The first-order valence-electron chi connectivity index (χ1n) is 6.23. The fraction of sp³-hybridized carbons (Fsp3) is 0.286. The van der Waals surface area contributed by atoms with Gasteiger partial charge in [0.1, 0.15) is 10.6 Å². The molecule has 0 radical (unpaired) electrons. The Kier molecular flexibility index (Phi) is 5.08. The van der Waals surface area contributed by atoms with Crippen LogP contribution in [0.4, 0.5) is 0 Å². The molecule has 114 valence electrons. The lowest BCUT2D eigenvalue weighted by molar-refractivity contribution is 0.384. The van der Waals surface area contributed by atoms with Gasteiger partial charge in [-0.2, -0.15) is 4.31 Å². The first kappa shape index (κ1) is 16.5. The van der Waals surface area contributed by atoms with E-state index in [1.54, 1.807) is 25.2 Å². The third kappa shape index (κ3) is 3.31. The number of benzene rings is 1. The minimum atomic E-state index is -3.64. The SMILES string of the molecule is COc1ccc(Br)cc1S(=O)(=O)N(C)C(C)c1cccs1. The van der Waals surface area contributed by atoms with Gasteiger partial charge in [-0.1, -0.05) is 22.0 Å². The first-order chi connectivity index (χ1) is 9.87. The molecule has 1 atom stereocenters. The molecule has 2 rings (SSSR count). The van der Waals surface area contributed by atoms with Gasteiger partial charge in [-0.15, -0.1) is 11.3 Å². The summed E-state index contributed by atoms with van der Waals surface area (Å²) in [4.78, 5) is 1.15. The maximum Gasteiger partial charge on any atom is 0.247 e. The molecular formula is C14H16BrNO3S2. The van der Waals surface area contributed by atoms with E-state index in [0.29, 0.717) is 10.2 Å². The number of hydrogen-bond donors (Lipinski definition) is 0. The zero-order chi connectivity index (χ0) is 15.6. The average Bonchev–Trinajstić information content (AvgIpc) is 2.99. The number of rotatable bonds is 5. The van der Waals surface area contributed by atoms with Gasteiger partial charge in [-0.05, 0) is 36.6 Å². The lowest BCUT2D eigenvalue weighted by Crippen LogP contribution is -2.29. The van der Waals surface area contributed by atoms with Crippen molar-refractivity contribution in [1.82, 2.24) is 4.31 Å². The summed E-state index contributed by atoms with van der Waals surface area (Å²) >= 11 is 4.84. The fourth-order valence-electron chi connectivity index (χ4n) is 1.92.